The molecule has 1 rings (SSSR count). The minimum absolute atomic E-state index is 0.136. The van der Waals surface area contributed by atoms with Crippen LogP contribution in [0.2, 0.25) is 0 Å². The molecule has 3 atom stereocenters. The molecule has 0 bridgehead atoms. The molecule has 0 radical (unpaired) electrons. The van der Waals surface area contributed by atoms with E-state index in [9.17, 15) is 4.79 Å². The lowest BCUT2D eigenvalue weighted by Crippen LogP contribution is -2.55. The zero-order chi connectivity index (χ0) is 11.6. The van der Waals surface area contributed by atoms with Gasteiger partial charge in [0, 0.05) is 6.54 Å². The van der Waals surface area contributed by atoms with Gasteiger partial charge < -0.3 is 9.47 Å². The van der Waals surface area contributed by atoms with Crippen LogP contribution in [0, 0.1) is 0 Å². The standard InChI is InChI=1S/C11H21NO3/c1-7-6-12-9(8(2)14-7)10(13)15-11(3,4)5/h7-9,12H,6H2,1-5H3/t7-,8+,9?/m0/s1. The van der Waals surface area contributed by atoms with E-state index in [2.05, 4.69) is 5.32 Å². The Kier molecular flexibility index (Phi) is 3.73. The average Bonchev–Trinajstić information content (AvgIpc) is 1.99. The van der Waals surface area contributed by atoms with Crippen molar-refractivity contribution in [2.45, 2.75) is 58.5 Å². The minimum atomic E-state index is -0.443. The quantitative estimate of drug-likeness (QED) is 0.665. The minimum Gasteiger partial charge on any atom is -0.459 e. The van der Waals surface area contributed by atoms with Gasteiger partial charge in [0.25, 0.3) is 0 Å². The number of morpholine rings is 1. The fraction of sp³-hybridized carbons (Fsp3) is 0.909. The van der Waals surface area contributed by atoms with Crippen molar-refractivity contribution in [3.63, 3.8) is 0 Å². The highest BCUT2D eigenvalue weighted by atomic mass is 16.6. The van der Waals surface area contributed by atoms with Crippen molar-refractivity contribution in [2.75, 3.05) is 6.54 Å². The number of carbonyl (C=O) groups is 1. The Balaban J connectivity index is 2.53. The van der Waals surface area contributed by atoms with E-state index in [0.29, 0.717) is 6.54 Å². The maximum Gasteiger partial charge on any atom is 0.326 e. The van der Waals surface area contributed by atoms with Crippen LogP contribution in [0.15, 0.2) is 0 Å². The van der Waals surface area contributed by atoms with Crippen molar-refractivity contribution in [1.82, 2.24) is 5.32 Å². The second kappa shape index (κ2) is 4.49. The summed E-state index contributed by atoms with van der Waals surface area (Å²) in [7, 11) is 0. The van der Waals surface area contributed by atoms with Crippen molar-refractivity contribution in [2.24, 2.45) is 0 Å². The fourth-order valence-electron chi connectivity index (χ4n) is 1.59. The van der Waals surface area contributed by atoms with Crippen LogP contribution >= 0.6 is 0 Å². The lowest BCUT2D eigenvalue weighted by Gasteiger charge is -2.34. The van der Waals surface area contributed by atoms with Crippen LogP contribution in [0.4, 0.5) is 0 Å². The van der Waals surface area contributed by atoms with Crippen LogP contribution in [0.25, 0.3) is 0 Å². The summed E-state index contributed by atoms with van der Waals surface area (Å²) < 4.78 is 10.9. The summed E-state index contributed by atoms with van der Waals surface area (Å²) in [5.74, 6) is -0.234. The molecule has 0 spiro atoms. The first kappa shape index (κ1) is 12.5. The number of hydrogen-bond acceptors (Lipinski definition) is 4. The molecule has 1 N–H and O–H groups in total. The van der Waals surface area contributed by atoms with Crippen LogP contribution in [0.1, 0.15) is 34.6 Å². The van der Waals surface area contributed by atoms with Gasteiger partial charge in [-0.3, -0.25) is 10.1 Å². The maximum absolute atomic E-state index is 11.8. The van der Waals surface area contributed by atoms with Crippen molar-refractivity contribution in [3.8, 4) is 0 Å². The van der Waals surface area contributed by atoms with E-state index in [0.717, 1.165) is 0 Å². The van der Waals surface area contributed by atoms with E-state index in [4.69, 9.17) is 9.47 Å². The Morgan fingerprint density at radius 2 is 2.00 bits per heavy atom. The molecule has 4 heteroatoms. The Morgan fingerprint density at radius 1 is 1.40 bits per heavy atom. The molecule has 1 saturated heterocycles. The zero-order valence-electron chi connectivity index (χ0n) is 10.2. The lowest BCUT2D eigenvalue weighted by molar-refractivity contribution is -0.165. The summed E-state index contributed by atoms with van der Waals surface area (Å²) in [5, 5.41) is 3.14. The second-order valence-electron chi connectivity index (χ2n) is 5.07. The summed E-state index contributed by atoms with van der Waals surface area (Å²) in [6.07, 6.45) is 0.0160. The molecule has 4 nitrogen and oxygen atoms in total. The van der Waals surface area contributed by atoms with Crippen molar-refractivity contribution in [3.05, 3.63) is 0 Å². The van der Waals surface area contributed by atoms with E-state index >= 15 is 0 Å². The van der Waals surface area contributed by atoms with Gasteiger partial charge in [-0.25, -0.2) is 0 Å². The van der Waals surface area contributed by atoms with Gasteiger partial charge in [0.1, 0.15) is 11.6 Å². The zero-order valence-corrected chi connectivity index (χ0v) is 10.2. The number of ether oxygens (including phenoxy) is 2. The van der Waals surface area contributed by atoms with Gasteiger partial charge in [-0.2, -0.15) is 0 Å². The van der Waals surface area contributed by atoms with Crippen molar-refractivity contribution >= 4 is 5.97 Å². The van der Waals surface area contributed by atoms with E-state index in [1.54, 1.807) is 0 Å². The first-order chi connectivity index (χ1) is 6.79. The lowest BCUT2D eigenvalue weighted by atomic mass is 10.1. The van der Waals surface area contributed by atoms with Crippen LogP contribution in [0.5, 0.6) is 0 Å². The monoisotopic (exact) mass is 215 g/mol. The van der Waals surface area contributed by atoms with Gasteiger partial charge in [-0.15, -0.1) is 0 Å². The van der Waals surface area contributed by atoms with Gasteiger partial charge in [-0.1, -0.05) is 0 Å². The largest absolute Gasteiger partial charge is 0.459 e. The number of hydrogen-bond donors (Lipinski definition) is 1. The second-order valence-corrected chi connectivity index (χ2v) is 5.07. The average molecular weight is 215 g/mol. The third-order valence-electron chi connectivity index (χ3n) is 2.20. The molecule has 0 aromatic heterocycles. The molecule has 0 aromatic carbocycles. The molecule has 15 heavy (non-hydrogen) atoms. The van der Waals surface area contributed by atoms with Gasteiger partial charge in [0.05, 0.1) is 12.2 Å². The highest BCUT2D eigenvalue weighted by molar-refractivity contribution is 5.77. The van der Waals surface area contributed by atoms with Crippen LogP contribution in [0.3, 0.4) is 0 Å². The molecule has 1 unspecified atom stereocenters. The highest BCUT2D eigenvalue weighted by Crippen LogP contribution is 2.14. The Morgan fingerprint density at radius 3 is 2.47 bits per heavy atom. The number of carbonyl (C=O) groups excluding carboxylic acids is 1. The molecule has 1 heterocycles. The van der Waals surface area contributed by atoms with Crippen molar-refractivity contribution < 1.29 is 14.3 Å². The Bertz CT molecular complexity index is 234. The van der Waals surface area contributed by atoms with Crippen LogP contribution < -0.4 is 5.32 Å². The normalized spacial score (nSPS) is 32.5. The topological polar surface area (TPSA) is 47.6 Å². The van der Waals surface area contributed by atoms with E-state index in [-0.39, 0.29) is 24.2 Å². The molecule has 1 fully saturated rings. The molecule has 1 aliphatic rings. The summed E-state index contributed by atoms with van der Waals surface area (Å²) >= 11 is 0. The molecule has 0 aliphatic carbocycles. The predicted molar refractivity (Wildman–Crippen MR) is 57.6 cm³/mol. The predicted octanol–water partition coefficient (Wildman–Crippen LogP) is 1.09. The van der Waals surface area contributed by atoms with Crippen LogP contribution in [-0.2, 0) is 14.3 Å². The van der Waals surface area contributed by atoms with Gasteiger partial charge in [0.2, 0.25) is 0 Å². The number of rotatable bonds is 1. The van der Waals surface area contributed by atoms with Crippen LogP contribution in [-0.4, -0.2) is 36.4 Å². The highest BCUT2D eigenvalue weighted by Gasteiger charge is 2.34. The van der Waals surface area contributed by atoms with E-state index in [1.165, 1.54) is 0 Å². The van der Waals surface area contributed by atoms with Gasteiger partial charge >= 0.3 is 5.97 Å². The first-order valence-corrected chi connectivity index (χ1v) is 5.41. The summed E-state index contributed by atoms with van der Waals surface area (Å²) in [6.45, 7) is 10.1. The fourth-order valence-corrected chi connectivity index (χ4v) is 1.59. The first-order valence-electron chi connectivity index (χ1n) is 5.41. The Labute approximate surface area is 91.3 Å². The van der Waals surface area contributed by atoms with E-state index < -0.39 is 5.60 Å². The van der Waals surface area contributed by atoms with Gasteiger partial charge in [0.15, 0.2) is 0 Å². The third-order valence-corrected chi connectivity index (χ3v) is 2.20. The van der Waals surface area contributed by atoms with Gasteiger partial charge in [-0.05, 0) is 34.6 Å². The van der Waals surface area contributed by atoms with Crippen molar-refractivity contribution in [1.29, 1.82) is 0 Å². The Hall–Kier alpha value is -0.610. The number of nitrogens with one attached hydrogen (secondary N) is 1. The smallest absolute Gasteiger partial charge is 0.326 e. The van der Waals surface area contributed by atoms with E-state index in [1.807, 2.05) is 34.6 Å². The third kappa shape index (κ3) is 3.80. The molecule has 1 aliphatic heterocycles. The number of esters is 1. The molecule has 0 aromatic rings. The summed E-state index contributed by atoms with van der Waals surface area (Å²) in [6, 6.07) is -0.347. The molecular formula is C11H21NO3. The molecular weight excluding hydrogens is 194 g/mol. The SMILES string of the molecule is C[C@H]1CNC(C(=O)OC(C)(C)C)[C@@H](C)O1. The maximum atomic E-state index is 11.8. The molecule has 88 valence electrons. The molecule has 0 saturated carbocycles. The summed E-state index contributed by atoms with van der Waals surface area (Å²) in [5.41, 5.74) is -0.443. The molecule has 0 amide bonds. The summed E-state index contributed by atoms with van der Waals surface area (Å²) in [4.78, 5) is 11.8.